The molecular formula is C36H30O4. The van der Waals surface area contributed by atoms with Gasteiger partial charge in [-0.25, -0.2) is 0 Å². The van der Waals surface area contributed by atoms with Crippen molar-refractivity contribution in [1.82, 2.24) is 0 Å². The molecule has 1 unspecified atom stereocenters. The largest absolute Gasteiger partial charge is 0.489 e. The molecule has 0 radical (unpaired) electrons. The van der Waals surface area contributed by atoms with Crippen LogP contribution in [0.3, 0.4) is 0 Å². The Kier molecular flexibility index (Phi) is 7.77. The standard InChI is InChI=1S/C36H30O4/c1-4-10-27(11-5-1)24-37-31-18-16-30(17-19-31)34-21-20-33-35(39-26-29-14-8-3-9-15-29)22-32(23-36(33)40-34)38-25-28-12-6-2-7-13-28/h1-23,34H,24-26H2. The van der Waals surface area contributed by atoms with Crippen LogP contribution in [0.25, 0.3) is 6.08 Å². The minimum absolute atomic E-state index is 0.234. The van der Waals surface area contributed by atoms with Crippen molar-refractivity contribution in [1.29, 1.82) is 0 Å². The lowest BCUT2D eigenvalue weighted by atomic mass is 10.0. The van der Waals surface area contributed by atoms with Gasteiger partial charge in [0.15, 0.2) is 0 Å². The Morgan fingerprint density at radius 1 is 0.525 bits per heavy atom. The lowest BCUT2D eigenvalue weighted by Gasteiger charge is -2.24. The molecule has 0 saturated heterocycles. The number of hydrogen-bond donors (Lipinski definition) is 0. The first kappa shape index (κ1) is 25.3. The van der Waals surface area contributed by atoms with Gasteiger partial charge in [-0.05, 0) is 46.5 Å². The zero-order valence-corrected chi connectivity index (χ0v) is 22.1. The topological polar surface area (TPSA) is 36.9 Å². The van der Waals surface area contributed by atoms with E-state index in [1.807, 2.05) is 103 Å². The molecule has 0 bridgehead atoms. The summed E-state index contributed by atoms with van der Waals surface area (Å²) in [4.78, 5) is 0. The average Bonchev–Trinajstić information content (AvgIpc) is 3.03. The van der Waals surface area contributed by atoms with E-state index in [0.29, 0.717) is 25.6 Å². The van der Waals surface area contributed by atoms with Gasteiger partial charge in [0, 0.05) is 12.1 Å². The average molecular weight is 527 g/mol. The van der Waals surface area contributed by atoms with Crippen LogP contribution in [0.15, 0.2) is 133 Å². The summed E-state index contributed by atoms with van der Waals surface area (Å²) in [5, 5.41) is 0. The first-order valence-electron chi connectivity index (χ1n) is 13.4. The Labute approximate surface area is 235 Å². The molecule has 0 aliphatic carbocycles. The van der Waals surface area contributed by atoms with Crippen molar-refractivity contribution in [3.63, 3.8) is 0 Å². The molecule has 1 aliphatic heterocycles. The van der Waals surface area contributed by atoms with E-state index >= 15 is 0 Å². The molecule has 6 rings (SSSR count). The predicted molar refractivity (Wildman–Crippen MR) is 158 cm³/mol. The molecule has 4 nitrogen and oxygen atoms in total. The Balaban J connectivity index is 1.19. The van der Waals surface area contributed by atoms with Crippen molar-refractivity contribution in [2.24, 2.45) is 0 Å². The molecule has 1 heterocycles. The Morgan fingerprint density at radius 2 is 1.05 bits per heavy atom. The van der Waals surface area contributed by atoms with Gasteiger partial charge in [0.2, 0.25) is 0 Å². The minimum Gasteiger partial charge on any atom is -0.489 e. The van der Waals surface area contributed by atoms with Crippen LogP contribution in [0.4, 0.5) is 0 Å². The summed E-state index contributed by atoms with van der Waals surface area (Å²) >= 11 is 0. The van der Waals surface area contributed by atoms with Gasteiger partial charge in [-0.3, -0.25) is 0 Å². The number of benzene rings is 5. The second-order valence-electron chi connectivity index (χ2n) is 9.62. The molecule has 1 aliphatic rings. The smallest absolute Gasteiger partial charge is 0.142 e. The van der Waals surface area contributed by atoms with Crippen LogP contribution in [0.1, 0.15) is 33.9 Å². The monoisotopic (exact) mass is 526 g/mol. The van der Waals surface area contributed by atoms with Crippen molar-refractivity contribution >= 4 is 6.08 Å². The van der Waals surface area contributed by atoms with E-state index in [0.717, 1.165) is 45.1 Å². The van der Waals surface area contributed by atoms with E-state index in [2.05, 4.69) is 36.4 Å². The lowest BCUT2D eigenvalue weighted by molar-refractivity contribution is 0.241. The van der Waals surface area contributed by atoms with Gasteiger partial charge >= 0.3 is 0 Å². The van der Waals surface area contributed by atoms with Crippen LogP contribution in [0.2, 0.25) is 0 Å². The summed E-state index contributed by atoms with van der Waals surface area (Å²) in [6.45, 7) is 1.45. The fourth-order valence-corrected chi connectivity index (χ4v) is 4.55. The zero-order chi connectivity index (χ0) is 27.0. The fraction of sp³-hybridized carbons (Fsp3) is 0.111. The number of rotatable bonds is 10. The van der Waals surface area contributed by atoms with E-state index in [4.69, 9.17) is 18.9 Å². The maximum Gasteiger partial charge on any atom is 0.142 e. The molecule has 0 spiro atoms. The molecule has 0 fully saturated rings. The summed E-state index contributed by atoms with van der Waals surface area (Å²) in [6.07, 6.45) is 3.90. The molecular weight excluding hydrogens is 496 g/mol. The molecule has 0 N–H and O–H groups in total. The van der Waals surface area contributed by atoms with Crippen molar-refractivity contribution in [2.75, 3.05) is 0 Å². The van der Waals surface area contributed by atoms with Crippen LogP contribution in [-0.4, -0.2) is 0 Å². The molecule has 4 heteroatoms. The molecule has 0 aromatic heterocycles. The second-order valence-corrected chi connectivity index (χ2v) is 9.62. The number of ether oxygens (including phenoxy) is 4. The highest BCUT2D eigenvalue weighted by Gasteiger charge is 2.21. The quantitative estimate of drug-likeness (QED) is 0.183. The maximum absolute atomic E-state index is 6.48. The highest BCUT2D eigenvalue weighted by atomic mass is 16.5. The van der Waals surface area contributed by atoms with Gasteiger partial charge in [-0.2, -0.15) is 0 Å². The van der Waals surface area contributed by atoms with Crippen LogP contribution < -0.4 is 18.9 Å². The highest BCUT2D eigenvalue weighted by Crippen LogP contribution is 2.42. The van der Waals surface area contributed by atoms with Gasteiger partial charge in [0.25, 0.3) is 0 Å². The van der Waals surface area contributed by atoms with Crippen molar-refractivity contribution in [2.45, 2.75) is 25.9 Å². The van der Waals surface area contributed by atoms with Crippen LogP contribution in [0, 0.1) is 0 Å². The van der Waals surface area contributed by atoms with Gasteiger partial charge in [-0.15, -0.1) is 0 Å². The van der Waals surface area contributed by atoms with E-state index in [1.165, 1.54) is 0 Å². The molecule has 40 heavy (non-hydrogen) atoms. The predicted octanol–water partition coefficient (Wildman–Crippen LogP) is 8.57. The molecule has 0 saturated carbocycles. The van der Waals surface area contributed by atoms with Crippen molar-refractivity contribution < 1.29 is 18.9 Å². The van der Waals surface area contributed by atoms with Crippen LogP contribution in [-0.2, 0) is 19.8 Å². The van der Waals surface area contributed by atoms with Gasteiger partial charge in [0.05, 0.1) is 5.56 Å². The van der Waals surface area contributed by atoms with E-state index < -0.39 is 0 Å². The van der Waals surface area contributed by atoms with Crippen LogP contribution >= 0.6 is 0 Å². The first-order chi connectivity index (χ1) is 19.8. The van der Waals surface area contributed by atoms with E-state index in [9.17, 15) is 0 Å². The molecule has 0 amide bonds. The third-order valence-corrected chi connectivity index (χ3v) is 6.71. The Hall–Kier alpha value is -4.96. The summed E-state index contributed by atoms with van der Waals surface area (Å²) in [6, 6.07) is 42.4. The fourth-order valence-electron chi connectivity index (χ4n) is 4.55. The summed E-state index contributed by atoms with van der Waals surface area (Å²) in [5.41, 5.74) is 5.27. The number of fused-ring (bicyclic) bond motifs is 1. The van der Waals surface area contributed by atoms with Gasteiger partial charge < -0.3 is 18.9 Å². The third kappa shape index (κ3) is 6.36. The van der Waals surface area contributed by atoms with E-state index in [1.54, 1.807) is 0 Å². The normalized spacial score (nSPS) is 13.7. The Bertz CT molecular complexity index is 1550. The SMILES string of the molecule is C1=CC(c2ccc(OCc3ccccc3)cc2)Oc2cc(OCc3ccccc3)cc(OCc3ccccc3)c21. The maximum atomic E-state index is 6.48. The molecule has 1 atom stereocenters. The minimum atomic E-state index is -0.234. The summed E-state index contributed by atoms with van der Waals surface area (Å²) in [5.74, 6) is 2.97. The first-order valence-corrected chi connectivity index (χ1v) is 13.4. The van der Waals surface area contributed by atoms with Crippen LogP contribution in [0.5, 0.6) is 23.0 Å². The summed E-state index contributed by atoms with van der Waals surface area (Å²) in [7, 11) is 0. The van der Waals surface area contributed by atoms with Gasteiger partial charge in [-0.1, -0.05) is 103 Å². The molecule has 198 valence electrons. The lowest BCUT2D eigenvalue weighted by Crippen LogP contribution is -2.10. The van der Waals surface area contributed by atoms with Crippen molar-refractivity contribution in [3.05, 3.63) is 161 Å². The van der Waals surface area contributed by atoms with Gasteiger partial charge in [0.1, 0.15) is 48.9 Å². The second kappa shape index (κ2) is 12.3. The zero-order valence-electron chi connectivity index (χ0n) is 22.1. The molecule has 5 aromatic rings. The molecule has 5 aromatic carbocycles. The third-order valence-electron chi connectivity index (χ3n) is 6.71. The highest BCUT2D eigenvalue weighted by molar-refractivity contribution is 5.69. The van der Waals surface area contributed by atoms with Crippen molar-refractivity contribution in [3.8, 4) is 23.0 Å². The van der Waals surface area contributed by atoms with E-state index in [-0.39, 0.29) is 6.10 Å². The Morgan fingerprint density at radius 3 is 1.62 bits per heavy atom. The summed E-state index contributed by atoms with van der Waals surface area (Å²) < 4.78 is 24.9. The number of hydrogen-bond acceptors (Lipinski definition) is 4.